The number of carbonyl (C=O) groups excluding carboxylic acids is 1. The Bertz CT molecular complexity index is 476. The first-order valence-electron chi connectivity index (χ1n) is 3.68. The summed E-state index contributed by atoms with van der Waals surface area (Å²) in [5.74, 6) is 0.140. The number of hydrogen-bond acceptors (Lipinski definition) is 4. The summed E-state index contributed by atoms with van der Waals surface area (Å²) in [7, 11) is 0. The summed E-state index contributed by atoms with van der Waals surface area (Å²) in [5, 5.41) is 11.6. The highest BCUT2D eigenvalue weighted by atomic mass is 32.1. The zero-order valence-electron chi connectivity index (χ0n) is 6.65. The molecule has 0 aliphatic carbocycles. The molecule has 1 aromatic carbocycles. The van der Waals surface area contributed by atoms with Crippen LogP contribution in [0.4, 0.5) is 5.69 Å². The van der Waals surface area contributed by atoms with Crippen molar-refractivity contribution < 1.29 is 9.90 Å². The summed E-state index contributed by atoms with van der Waals surface area (Å²) >= 11 is 1.32. The van der Waals surface area contributed by atoms with Crippen molar-refractivity contribution in [3.05, 3.63) is 23.1 Å². The number of fused-ring (bicyclic) bond motifs is 1. The third-order valence-electron chi connectivity index (χ3n) is 1.89. The normalized spacial score (nSPS) is 10.5. The van der Waals surface area contributed by atoms with Crippen molar-refractivity contribution in [1.29, 1.82) is 0 Å². The molecule has 0 unspecified atom stereocenters. The molecule has 0 radical (unpaired) electrons. The van der Waals surface area contributed by atoms with Gasteiger partial charge in [0.05, 0.1) is 10.1 Å². The molecule has 3 nitrogen and oxygen atoms in total. The van der Waals surface area contributed by atoms with E-state index in [0.29, 0.717) is 16.6 Å². The molecule has 3 N–H and O–H groups in total. The summed E-state index contributed by atoms with van der Waals surface area (Å²) in [4.78, 5) is 10.6. The molecule has 0 spiro atoms. The van der Waals surface area contributed by atoms with Gasteiger partial charge in [-0.15, -0.1) is 11.3 Å². The van der Waals surface area contributed by atoms with Crippen LogP contribution in [0.2, 0.25) is 0 Å². The molecule has 13 heavy (non-hydrogen) atoms. The number of aromatic hydroxyl groups is 1. The van der Waals surface area contributed by atoms with Crippen LogP contribution in [0.5, 0.6) is 5.75 Å². The number of benzene rings is 1. The van der Waals surface area contributed by atoms with Crippen LogP contribution in [-0.2, 0) is 0 Å². The minimum Gasteiger partial charge on any atom is -0.506 e. The molecular formula is C9H7NO2S. The van der Waals surface area contributed by atoms with Crippen molar-refractivity contribution in [1.82, 2.24) is 0 Å². The molecule has 1 aromatic heterocycles. The Kier molecular flexibility index (Phi) is 1.70. The van der Waals surface area contributed by atoms with Crippen molar-refractivity contribution in [2.45, 2.75) is 0 Å². The lowest BCUT2D eigenvalue weighted by atomic mass is 10.1. The average Bonchev–Trinajstić information content (AvgIpc) is 2.50. The van der Waals surface area contributed by atoms with Crippen LogP contribution in [-0.4, -0.2) is 11.4 Å². The van der Waals surface area contributed by atoms with Gasteiger partial charge in [0.15, 0.2) is 6.29 Å². The van der Waals surface area contributed by atoms with E-state index < -0.39 is 0 Å². The predicted molar refractivity (Wildman–Crippen MR) is 53.3 cm³/mol. The fraction of sp³-hybridized carbons (Fsp3) is 0. The largest absolute Gasteiger partial charge is 0.506 e. The van der Waals surface area contributed by atoms with Crippen molar-refractivity contribution in [3.8, 4) is 5.75 Å². The molecule has 0 bridgehead atoms. The number of thiophene rings is 1. The van der Waals surface area contributed by atoms with Gasteiger partial charge in [0.25, 0.3) is 0 Å². The van der Waals surface area contributed by atoms with E-state index in [9.17, 15) is 9.90 Å². The molecule has 1 heterocycles. The van der Waals surface area contributed by atoms with Gasteiger partial charge in [-0.3, -0.25) is 4.79 Å². The van der Waals surface area contributed by atoms with Crippen molar-refractivity contribution in [3.63, 3.8) is 0 Å². The second-order valence-corrected chi connectivity index (χ2v) is 3.57. The third-order valence-corrected chi connectivity index (χ3v) is 2.91. The van der Waals surface area contributed by atoms with Gasteiger partial charge in [0, 0.05) is 16.6 Å². The van der Waals surface area contributed by atoms with E-state index in [1.165, 1.54) is 11.3 Å². The Morgan fingerprint density at radius 1 is 1.46 bits per heavy atom. The number of nitrogen functional groups attached to an aromatic ring is 1. The Balaban J connectivity index is 2.95. The summed E-state index contributed by atoms with van der Waals surface area (Å²) in [5.41, 5.74) is 6.72. The summed E-state index contributed by atoms with van der Waals surface area (Å²) < 4.78 is 0.743. The third kappa shape index (κ3) is 1.07. The Morgan fingerprint density at radius 3 is 2.92 bits per heavy atom. The van der Waals surface area contributed by atoms with Gasteiger partial charge in [0.1, 0.15) is 5.75 Å². The molecular weight excluding hydrogens is 186 g/mol. The van der Waals surface area contributed by atoms with E-state index in [1.54, 1.807) is 17.5 Å². The molecule has 2 rings (SSSR count). The molecule has 0 fully saturated rings. The van der Waals surface area contributed by atoms with E-state index in [-0.39, 0.29) is 5.75 Å². The number of hydrogen-bond donors (Lipinski definition) is 2. The molecule has 0 saturated carbocycles. The number of carbonyl (C=O) groups is 1. The van der Waals surface area contributed by atoms with E-state index in [0.717, 1.165) is 11.0 Å². The number of anilines is 1. The van der Waals surface area contributed by atoms with Gasteiger partial charge in [0.2, 0.25) is 0 Å². The molecule has 4 heteroatoms. The Morgan fingerprint density at radius 2 is 2.23 bits per heavy atom. The first kappa shape index (κ1) is 8.07. The Hall–Kier alpha value is -1.55. The first-order chi connectivity index (χ1) is 6.24. The molecule has 66 valence electrons. The van der Waals surface area contributed by atoms with E-state index >= 15 is 0 Å². The van der Waals surface area contributed by atoms with Crippen LogP contribution in [0, 0.1) is 0 Å². The van der Waals surface area contributed by atoms with Crippen LogP contribution >= 0.6 is 11.3 Å². The lowest BCUT2D eigenvalue weighted by molar-refractivity contribution is 0.112. The number of nitrogens with two attached hydrogens (primary N) is 1. The highest BCUT2D eigenvalue weighted by molar-refractivity contribution is 7.18. The molecule has 0 aliphatic heterocycles. The maximum Gasteiger partial charge on any atom is 0.151 e. The lowest BCUT2D eigenvalue weighted by Gasteiger charge is -1.98. The minimum absolute atomic E-state index is 0.140. The summed E-state index contributed by atoms with van der Waals surface area (Å²) in [6.07, 6.45) is 0.762. The molecule has 0 aliphatic rings. The van der Waals surface area contributed by atoms with E-state index in [2.05, 4.69) is 0 Å². The molecule has 0 atom stereocenters. The maximum absolute atomic E-state index is 10.6. The lowest BCUT2D eigenvalue weighted by Crippen LogP contribution is -1.87. The van der Waals surface area contributed by atoms with Gasteiger partial charge in [-0.2, -0.15) is 0 Å². The first-order valence-corrected chi connectivity index (χ1v) is 4.56. The monoisotopic (exact) mass is 193 g/mol. The van der Waals surface area contributed by atoms with Crippen LogP contribution < -0.4 is 5.73 Å². The number of aldehydes is 1. The zero-order chi connectivity index (χ0) is 9.42. The van der Waals surface area contributed by atoms with E-state index in [1.807, 2.05) is 0 Å². The van der Waals surface area contributed by atoms with Gasteiger partial charge in [-0.1, -0.05) is 0 Å². The standard InChI is InChI=1S/C9H7NO2S/c10-6-2-1-5(3-11)9-8(6)7(12)4-13-9/h1-4,12H,10H2. The fourth-order valence-electron chi connectivity index (χ4n) is 1.27. The van der Waals surface area contributed by atoms with Gasteiger partial charge < -0.3 is 10.8 Å². The van der Waals surface area contributed by atoms with Crippen LogP contribution in [0.1, 0.15) is 10.4 Å². The molecule has 0 amide bonds. The highest BCUT2D eigenvalue weighted by Crippen LogP contribution is 2.36. The smallest absolute Gasteiger partial charge is 0.151 e. The van der Waals surface area contributed by atoms with Crippen molar-refractivity contribution in [2.24, 2.45) is 0 Å². The van der Waals surface area contributed by atoms with Crippen molar-refractivity contribution in [2.75, 3.05) is 5.73 Å². The van der Waals surface area contributed by atoms with Gasteiger partial charge in [-0.05, 0) is 12.1 Å². The second-order valence-electron chi connectivity index (χ2n) is 2.69. The summed E-state index contributed by atoms with van der Waals surface area (Å²) in [6.45, 7) is 0. The fourth-order valence-corrected chi connectivity index (χ4v) is 2.21. The van der Waals surface area contributed by atoms with Gasteiger partial charge >= 0.3 is 0 Å². The minimum atomic E-state index is 0.140. The molecule has 2 aromatic rings. The Labute approximate surface area is 78.4 Å². The van der Waals surface area contributed by atoms with Crippen LogP contribution in [0.25, 0.3) is 10.1 Å². The topological polar surface area (TPSA) is 63.3 Å². The highest BCUT2D eigenvalue weighted by Gasteiger charge is 2.09. The molecule has 0 saturated heterocycles. The zero-order valence-corrected chi connectivity index (χ0v) is 7.47. The predicted octanol–water partition coefficient (Wildman–Crippen LogP) is 2.00. The number of rotatable bonds is 1. The SMILES string of the molecule is Nc1ccc(C=O)c2scc(O)c12. The van der Waals surface area contributed by atoms with Crippen molar-refractivity contribution >= 4 is 33.4 Å². The van der Waals surface area contributed by atoms with Crippen LogP contribution in [0.3, 0.4) is 0 Å². The second kappa shape index (κ2) is 2.74. The average molecular weight is 193 g/mol. The van der Waals surface area contributed by atoms with Gasteiger partial charge in [-0.25, -0.2) is 0 Å². The quantitative estimate of drug-likeness (QED) is 0.537. The summed E-state index contributed by atoms with van der Waals surface area (Å²) in [6, 6.07) is 3.28. The van der Waals surface area contributed by atoms with E-state index in [4.69, 9.17) is 5.73 Å². The van der Waals surface area contributed by atoms with Crippen LogP contribution in [0.15, 0.2) is 17.5 Å². The maximum atomic E-state index is 10.6.